The van der Waals surface area contributed by atoms with Gasteiger partial charge in [0.2, 0.25) is 17.7 Å². The van der Waals surface area contributed by atoms with Crippen molar-refractivity contribution < 1.29 is 9.21 Å². The van der Waals surface area contributed by atoms with Crippen LogP contribution in [0.15, 0.2) is 28.9 Å². The van der Waals surface area contributed by atoms with Gasteiger partial charge < -0.3 is 14.2 Å². The van der Waals surface area contributed by atoms with Gasteiger partial charge in [0.1, 0.15) is 0 Å². The Kier molecular flexibility index (Phi) is 3.80. The van der Waals surface area contributed by atoms with Crippen molar-refractivity contribution in [2.75, 3.05) is 26.7 Å². The van der Waals surface area contributed by atoms with E-state index in [2.05, 4.69) is 27.1 Å². The minimum absolute atomic E-state index is 0.135. The van der Waals surface area contributed by atoms with Crippen LogP contribution < -0.4 is 0 Å². The molecular formula is C17H21N5O2. The summed E-state index contributed by atoms with van der Waals surface area (Å²) < 4.78 is 5.71. The zero-order valence-corrected chi connectivity index (χ0v) is 13.8. The average molecular weight is 327 g/mol. The lowest BCUT2D eigenvalue weighted by molar-refractivity contribution is -0.128. The molecule has 0 atom stereocenters. The number of pyridine rings is 1. The lowest BCUT2D eigenvalue weighted by atomic mass is 9.78. The molecule has 0 aliphatic carbocycles. The lowest BCUT2D eigenvalue weighted by Gasteiger charge is -2.37. The van der Waals surface area contributed by atoms with E-state index < -0.39 is 0 Å². The Bertz CT molecular complexity index is 722. The van der Waals surface area contributed by atoms with Gasteiger partial charge in [0.25, 0.3) is 0 Å². The van der Waals surface area contributed by atoms with Crippen molar-refractivity contribution in [3.63, 3.8) is 0 Å². The topological polar surface area (TPSA) is 75.4 Å². The molecule has 2 aliphatic heterocycles. The van der Waals surface area contributed by atoms with Crippen molar-refractivity contribution >= 4 is 5.91 Å². The highest BCUT2D eigenvalue weighted by Crippen LogP contribution is 2.41. The average Bonchev–Trinajstić information content (AvgIpc) is 3.17. The van der Waals surface area contributed by atoms with E-state index in [1.165, 1.54) is 0 Å². The Morgan fingerprint density at radius 3 is 2.88 bits per heavy atom. The third-order valence-electron chi connectivity index (χ3n) is 5.15. The van der Waals surface area contributed by atoms with Crippen LogP contribution in [-0.4, -0.2) is 57.6 Å². The first kappa shape index (κ1) is 15.3. The van der Waals surface area contributed by atoms with Crippen molar-refractivity contribution in [1.82, 2.24) is 25.0 Å². The second-order valence-electron chi connectivity index (χ2n) is 6.97. The summed E-state index contributed by atoms with van der Waals surface area (Å²) in [5.74, 6) is 1.12. The maximum absolute atomic E-state index is 12.4. The molecule has 1 spiro atoms. The lowest BCUT2D eigenvalue weighted by Crippen LogP contribution is -2.39. The Balaban J connectivity index is 1.44. The standard InChI is InChI=1S/C17H21N5O2/c1-21-7-4-17(5-8-21)9-15(23)22(12-17)11-14-19-20-16(24-14)13-3-2-6-18-10-13/h2-3,6,10H,4-5,7-9,11-12H2,1H3. The molecule has 126 valence electrons. The number of rotatable bonds is 3. The molecule has 2 aliphatic rings. The third kappa shape index (κ3) is 2.91. The van der Waals surface area contributed by atoms with Gasteiger partial charge in [0.15, 0.2) is 0 Å². The normalized spacial score (nSPS) is 20.9. The van der Waals surface area contributed by atoms with Crippen LogP contribution in [0.25, 0.3) is 11.5 Å². The zero-order chi connectivity index (χ0) is 16.6. The summed E-state index contributed by atoms with van der Waals surface area (Å²) in [5.41, 5.74) is 0.922. The molecule has 24 heavy (non-hydrogen) atoms. The van der Waals surface area contributed by atoms with Crippen LogP contribution in [0.5, 0.6) is 0 Å². The summed E-state index contributed by atoms with van der Waals surface area (Å²) in [6.07, 6.45) is 6.19. The fraction of sp³-hybridized carbons (Fsp3) is 0.529. The van der Waals surface area contributed by atoms with Gasteiger partial charge >= 0.3 is 0 Å². The number of hydrogen-bond acceptors (Lipinski definition) is 6. The van der Waals surface area contributed by atoms with E-state index in [0.29, 0.717) is 24.7 Å². The molecule has 0 bridgehead atoms. The molecule has 2 saturated heterocycles. The monoisotopic (exact) mass is 327 g/mol. The van der Waals surface area contributed by atoms with Gasteiger partial charge in [-0.3, -0.25) is 9.78 Å². The second-order valence-corrected chi connectivity index (χ2v) is 6.97. The largest absolute Gasteiger partial charge is 0.419 e. The molecule has 0 unspecified atom stereocenters. The molecule has 0 aromatic carbocycles. The molecular weight excluding hydrogens is 306 g/mol. The smallest absolute Gasteiger partial charge is 0.249 e. The van der Waals surface area contributed by atoms with Crippen LogP contribution in [0, 0.1) is 5.41 Å². The summed E-state index contributed by atoms with van der Waals surface area (Å²) in [5, 5.41) is 8.16. The van der Waals surface area contributed by atoms with E-state index in [-0.39, 0.29) is 11.3 Å². The minimum atomic E-state index is 0.135. The van der Waals surface area contributed by atoms with Crippen molar-refractivity contribution in [3.8, 4) is 11.5 Å². The summed E-state index contributed by atoms with van der Waals surface area (Å²) in [4.78, 5) is 20.7. The fourth-order valence-corrected chi connectivity index (χ4v) is 3.64. The molecule has 4 heterocycles. The van der Waals surface area contributed by atoms with Gasteiger partial charge in [0, 0.05) is 25.4 Å². The van der Waals surface area contributed by atoms with E-state index in [1.807, 2.05) is 17.0 Å². The first-order chi connectivity index (χ1) is 11.6. The first-order valence-corrected chi connectivity index (χ1v) is 8.33. The number of piperidine rings is 1. The zero-order valence-electron chi connectivity index (χ0n) is 13.8. The molecule has 4 rings (SSSR count). The van der Waals surface area contributed by atoms with Gasteiger partial charge in [-0.2, -0.15) is 0 Å². The second kappa shape index (κ2) is 5.98. The van der Waals surface area contributed by atoms with E-state index in [4.69, 9.17) is 4.42 Å². The summed E-state index contributed by atoms with van der Waals surface area (Å²) >= 11 is 0. The number of carbonyl (C=O) groups is 1. The number of aromatic nitrogens is 3. The SMILES string of the molecule is CN1CCC2(CC1)CC(=O)N(Cc1nnc(-c3cccnc3)o1)C2. The Morgan fingerprint density at radius 2 is 2.12 bits per heavy atom. The first-order valence-electron chi connectivity index (χ1n) is 8.33. The number of carbonyl (C=O) groups excluding carboxylic acids is 1. The summed E-state index contributed by atoms with van der Waals surface area (Å²) in [6.45, 7) is 3.31. The van der Waals surface area contributed by atoms with E-state index in [0.717, 1.165) is 38.0 Å². The highest BCUT2D eigenvalue weighted by atomic mass is 16.4. The van der Waals surface area contributed by atoms with Crippen molar-refractivity contribution in [2.45, 2.75) is 25.8 Å². The molecule has 0 saturated carbocycles. The summed E-state index contributed by atoms with van der Waals surface area (Å²) in [6, 6.07) is 3.70. The molecule has 0 N–H and O–H groups in total. The molecule has 2 fully saturated rings. The maximum atomic E-state index is 12.4. The van der Waals surface area contributed by atoms with Crippen LogP contribution in [-0.2, 0) is 11.3 Å². The molecule has 0 radical (unpaired) electrons. The highest BCUT2D eigenvalue weighted by molar-refractivity contribution is 5.79. The molecule has 2 aromatic heterocycles. The van der Waals surface area contributed by atoms with Gasteiger partial charge in [-0.1, -0.05) is 0 Å². The van der Waals surface area contributed by atoms with Crippen LogP contribution in [0.3, 0.4) is 0 Å². The molecule has 7 nitrogen and oxygen atoms in total. The van der Waals surface area contributed by atoms with E-state index in [1.54, 1.807) is 12.4 Å². The van der Waals surface area contributed by atoms with Crippen molar-refractivity contribution in [3.05, 3.63) is 30.4 Å². The predicted molar refractivity (Wildman–Crippen MR) is 86.7 cm³/mol. The number of amides is 1. The van der Waals surface area contributed by atoms with Crippen LogP contribution in [0.4, 0.5) is 0 Å². The van der Waals surface area contributed by atoms with Gasteiger partial charge in [-0.15, -0.1) is 10.2 Å². The van der Waals surface area contributed by atoms with Gasteiger partial charge in [-0.25, -0.2) is 0 Å². The molecule has 2 aromatic rings. The minimum Gasteiger partial charge on any atom is -0.419 e. The number of hydrogen-bond donors (Lipinski definition) is 0. The maximum Gasteiger partial charge on any atom is 0.249 e. The Morgan fingerprint density at radius 1 is 1.29 bits per heavy atom. The Hall–Kier alpha value is -2.28. The van der Waals surface area contributed by atoms with E-state index in [9.17, 15) is 4.79 Å². The van der Waals surface area contributed by atoms with Gasteiger partial charge in [0.05, 0.1) is 12.1 Å². The Labute approximate surface area is 140 Å². The number of likely N-dealkylation sites (tertiary alicyclic amines) is 2. The van der Waals surface area contributed by atoms with Crippen molar-refractivity contribution in [2.24, 2.45) is 5.41 Å². The molecule has 7 heteroatoms. The van der Waals surface area contributed by atoms with E-state index >= 15 is 0 Å². The van der Waals surface area contributed by atoms with Crippen LogP contribution >= 0.6 is 0 Å². The molecule has 1 amide bonds. The predicted octanol–water partition coefficient (Wildman–Crippen LogP) is 1.58. The third-order valence-corrected chi connectivity index (χ3v) is 5.15. The highest BCUT2D eigenvalue weighted by Gasteiger charge is 2.44. The fourth-order valence-electron chi connectivity index (χ4n) is 3.64. The van der Waals surface area contributed by atoms with Crippen LogP contribution in [0.1, 0.15) is 25.2 Å². The van der Waals surface area contributed by atoms with Crippen LogP contribution in [0.2, 0.25) is 0 Å². The summed E-state index contributed by atoms with van der Waals surface area (Å²) in [7, 11) is 2.14. The van der Waals surface area contributed by atoms with Gasteiger partial charge in [-0.05, 0) is 50.5 Å². The van der Waals surface area contributed by atoms with Crippen molar-refractivity contribution in [1.29, 1.82) is 0 Å². The number of nitrogens with zero attached hydrogens (tertiary/aromatic N) is 5. The quantitative estimate of drug-likeness (QED) is 0.852.